The van der Waals surface area contributed by atoms with Crippen molar-refractivity contribution >= 4 is 11.9 Å². The van der Waals surface area contributed by atoms with Gasteiger partial charge < -0.3 is 14.8 Å². The normalized spacial score (nSPS) is 21.6. The molecule has 7 heteroatoms. The van der Waals surface area contributed by atoms with Gasteiger partial charge in [0.1, 0.15) is 0 Å². The molecule has 1 heterocycles. The molecule has 1 aliphatic heterocycles. The molecule has 0 radical (unpaired) electrons. The highest BCUT2D eigenvalue weighted by atomic mass is 16.5. The van der Waals surface area contributed by atoms with Gasteiger partial charge in [-0.05, 0) is 43.4 Å². The Morgan fingerprint density at radius 1 is 1.24 bits per heavy atom. The molecule has 3 amide bonds. The molecule has 1 atom stereocenters. The number of hydrazine groups is 1. The highest BCUT2D eigenvalue weighted by Gasteiger charge is 2.40. The SMILES string of the molecule is CNC(=O)N1C(=O)CC(c2ccc(OC)c(OC3CCCC3)c2)N1C. The summed E-state index contributed by atoms with van der Waals surface area (Å²) in [4.78, 5) is 24.1. The first-order chi connectivity index (χ1) is 12.0. The number of hydrogen-bond donors (Lipinski definition) is 1. The predicted octanol–water partition coefficient (Wildman–Crippen LogP) is 2.48. The average Bonchev–Trinajstić information content (AvgIpc) is 3.22. The van der Waals surface area contributed by atoms with Crippen molar-refractivity contribution < 1.29 is 19.1 Å². The molecule has 0 spiro atoms. The van der Waals surface area contributed by atoms with E-state index < -0.39 is 6.03 Å². The number of amides is 3. The van der Waals surface area contributed by atoms with Gasteiger partial charge in [0.2, 0.25) is 5.91 Å². The molecular formula is C18H25N3O4. The Balaban J connectivity index is 1.84. The Morgan fingerprint density at radius 2 is 1.96 bits per heavy atom. The lowest BCUT2D eigenvalue weighted by Gasteiger charge is -2.27. The highest BCUT2D eigenvalue weighted by Crippen LogP contribution is 2.38. The van der Waals surface area contributed by atoms with Crippen molar-refractivity contribution in [2.45, 2.75) is 44.2 Å². The van der Waals surface area contributed by atoms with Gasteiger partial charge in [-0.2, -0.15) is 5.01 Å². The molecule has 2 fully saturated rings. The molecule has 2 aliphatic rings. The van der Waals surface area contributed by atoms with Crippen molar-refractivity contribution in [3.8, 4) is 11.5 Å². The zero-order valence-corrected chi connectivity index (χ0v) is 14.9. The van der Waals surface area contributed by atoms with Crippen LogP contribution in [0.2, 0.25) is 0 Å². The van der Waals surface area contributed by atoms with Crippen LogP contribution < -0.4 is 14.8 Å². The zero-order chi connectivity index (χ0) is 18.0. The third kappa shape index (κ3) is 3.42. The topological polar surface area (TPSA) is 71.1 Å². The van der Waals surface area contributed by atoms with Crippen molar-refractivity contribution in [2.24, 2.45) is 0 Å². The van der Waals surface area contributed by atoms with Gasteiger partial charge in [-0.1, -0.05) is 6.07 Å². The van der Waals surface area contributed by atoms with Crippen LogP contribution in [0.15, 0.2) is 18.2 Å². The number of rotatable bonds is 4. The molecule has 1 aromatic carbocycles. The van der Waals surface area contributed by atoms with E-state index in [0.717, 1.165) is 23.4 Å². The van der Waals surface area contributed by atoms with Crippen LogP contribution in [0.3, 0.4) is 0 Å². The Bertz CT molecular complexity index is 658. The second-order valence-corrected chi connectivity index (χ2v) is 6.49. The van der Waals surface area contributed by atoms with Crippen LogP contribution >= 0.6 is 0 Å². The van der Waals surface area contributed by atoms with E-state index in [0.29, 0.717) is 11.5 Å². The van der Waals surface area contributed by atoms with Crippen LogP contribution in [0.1, 0.15) is 43.7 Å². The van der Waals surface area contributed by atoms with E-state index >= 15 is 0 Å². The first kappa shape index (κ1) is 17.5. The number of nitrogens with zero attached hydrogens (tertiary/aromatic N) is 2. The molecule has 7 nitrogen and oxygen atoms in total. The molecule has 1 aromatic rings. The molecule has 136 valence electrons. The number of ether oxygens (including phenoxy) is 2. The minimum Gasteiger partial charge on any atom is -0.493 e. The molecule has 1 aliphatic carbocycles. The Kier molecular flexibility index (Phi) is 5.13. The Labute approximate surface area is 147 Å². The van der Waals surface area contributed by atoms with Crippen LogP contribution in [0.4, 0.5) is 4.79 Å². The van der Waals surface area contributed by atoms with Crippen molar-refractivity contribution in [2.75, 3.05) is 21.2 Å². The summed E-state index contributed by atoms with van der Waals surface area (Å²) in [5.41, 5.74) is 0.927. The number of benzene rings is 1. The summed E-state index contributed by atoms with van der Waals surface area (Å²) in [6.07, 6.45) is 4.95. The number of carbonyl (C=O) groups excluding carboxylic acids is 2. The van der Waals surface area contributed by atoms with Crippen LogP contribution in [0, 0.1) is 0 Å². The molecule has 1 N–H and O–H groups in total. The van der Waals surface area contributed by atoms with Crippen LogP contribution in [-0.4, -0.2) is 49.3 Å². The second kappa shape index (κ2) is 7.31. The summed E-state index contributed by atoms with van der Waals surface area (Å²) in [7, 11) is 4.87. The zero-order valence-electron chi connectivity index (χ0n) is 14.9. The van der Waals surface area contributed by atoms with Gasteiger partial charge in [-0.25, -0.2) is 9.80 Å². The minimum atomic E-state index is -0.425. The van der Waals surface area contributed by atoms with Crippen molar-refractivity contribution in [3.05, 3.63) is 23.8 Å². The van der Waals surface area contributed by atoms with Crippen molar-refractivity contribution in [1.82, 2.24) is 15.3 Å². The van der Waals surface area contributed by atoms with E-state index in [1.54, 1.807) is 19.2 Å². The van der Waals surface area contributed by atoms with Gasteiger partial charge in [-0.3, -0.25) is 4.79 Å². The lowest BCUT2D eigenvalue weighted by Crippen LogP contribution is -2.46. The van der Waals surface area contributed by atoms with E-state index in [4.69, 9.17) is 9.47 Å². The van der Waals surface area contributed by atoms with E-state index in [2.05, 4.69) is 5.32 Å². The first-order valence-electron chi connectivity index (χ1n) is 8.67. The second-order valence-electron chi connectivity index (χ2n) is 6.49. The van der Waals surface area contributed by atoms with Gasteiger partial charge >= 0.3 is 6.03 Å². The summed E-state index contributed by atoms with van der Waals surface area (Å²) < 4.78 is 11.6. The van der Waals surface area contributed by atoms with E-state index in [-0.39, 0.29) is 24.5 Å². The predicted molar refractivity (Wildman–Crippen MR) is 92.3 cm³/mol. The van der Waals surface area contributed by atoms with Crippen LogP contribution in [0.25, 0.3) is 0 Å². The summed E-state index contributed by atoms with van der Waals surface area (Å²) in [6.45, 7) is 0. The van der Waals surface area contributed by atoms with E-state index in [1.807, 2.05) is 18.2 Å². The smallest absolute Gasteiger partial charge is 0.338 e. The van der Waals surface area contributed by atoms with Crippen molar-refractivity contribution in [1.29, 1.82) is 0 Å². The largest absolute Gasteiger partial charge is 0.493 e. The van der Waals surface area contributed by atoms with E-state index in [1.165, 1.54) is 19.9 Å². The molecule has 1 saturated carbocycles. The molecule has 1 unspecified atom stereocenters. The molecule has 3 rings (SSSR count). The third-order valence-corrected chi connectivity index (χ3v) is 4.95. The number of imide groups is 1. The molecule has 0 aromatic heterocycles. The quantitative estimate of drug-likeness (QED) is 0.906. The van der Waals surface area contributed by atoms with Crippen LogP contribution in [-0.2, 0) is 4.79 Å². The lowest BCUT2D eigenvalue weighted by atomic mass is 10.0. The maximum Gasteiger partial charge on any atom is 0.338 e. The fraction of sp³-hybridized carbons (Fsp3) is 0.556. The van der Waals surface area contributed by atoms with Gasteiger partial charge in [-0.15, -0.1) is 0 Å². The number of hydrogen-bond acceptors (Lipinski definition) is 5. The molecule has 25 heavy (non-hydrogen) atoms. The number of urea groups is 1. The average molecular weight is 347 g/mol. The third-order valence-electron chi connectivity index (χ3n) is 4.95. The Hall–Kier alpha value is -2.28. The summed E-state index contributed by atoms with van der Waals surface area (Å²) in [6, 6.07) is 5.08. The number of carbonyl (C=O) groups is 2. The molecule has 1 saturated heterocycles. The fourth-order valence-corrected chi connectivity index (χ4v) is 3.57. The molecule has 0 bridgehead atoms. The van der Waals surface area contributed by atoms with Gasteiger partial charge in [0.05, 0.1) is 25.7 Å². The maximum absolute atomic E-state index is 12.2. The fourth-order valence-electron chi connectivity index (χ4n) is 3.57. The number of methoxy groups -OCH3 is 1. The van der Waals surface area contributed by atoms with Crippen LogP contribution in [0.5, 0.6) is 11.5 Å². The summed E-state index contributed by atoms with van der Waals surface area (Å²) >= 11 is 0. The monoisotopic (exact) mass is 347 g/mol. The summed E-state index contributed by atoms with van der Waals surface area (Å²) in [5.74, 6) is 1.16. The molecular weight excluding hydrogens is 322 g/mol. The minimum absolute atomic E-state index is 0.207. The van der Waals surface area contributed by atoms with Crippen molar-refractivity contribution in [3.63, 3.8) is 0 Å². The first-order valence-corrected chi connectivity index (χ1v) is 8.67. The highest BCUT2D eigenvalue weighted by molar-refractivity contribution is 5.95. The standard InChI is InChI=1S/C18H25N3O4/c1-19-18(23)21-17(22)11-14(20(21)2)12-8-9-15(24-3)16(10-12)25-13-6-4-5-7-13/h8-10,13-14H,4-7,11H2,1-3H3,(H,19,23). The lowest BCUT2D eigenvalue weighted by molar-refractivity contribution is -0.131. The maximum atomic E-state index is 12.2. The van der Waals surface area contributed by atoms with Gasteiger partial charge in [0.15, 0.2) is 11.5 Å². The van der Waals surface area contributed by atoms with E-state index in [9.17, 15) is 9.59 Å². The number of nitrogens with one attached hydrogen (secondary N) is 1. The summed E-state index contributed by atoms with van der Waals surface area (Å²) in [5, 5.41) is 5.31. The Morgan fingerprint density at radius 3 is 2.60 bits per heavy atom. The van der Waals surface area contributed by atoms with Gasteiger partial charge in [0, 0.05) is 14.1 Å². The van der Waals surface area contributed by atoms with Gasteiger partial charge in [0.25, 0.3) is 0 Å².